The Morgan fingerprint density at radius 1 is 0.963 bits per heavy atom. The zero-order chi connectivity index (χ0) is 20.3. The Morgan fingerprint density at radius 2 is 1.59 bits per heavy atom. The summed E-state index contributed by atoms with van der Waals surface area (Å²) in [4.78, 5) is 34.8. The van der Waals surface area contributed by atoms with Crippen molar-refractivity contribution in [1.29, 1.82) is 0 Å². The number of methoxy groups -OCH3 is 1. The quantitative estimate of drug-likeness (QED) is 0.502. The number of hydrogen-bond acceptors (Lipinski definition) is 5. The third-order valence-corrected chi connectivity index (χ3v) is 3.61. The van der Waals surface area contributed by atoms with E-state index in [9.17, 15) is 14.4 Å². The lowest BCUT2D eigenvalue weighted by Gasteiger charge is -2.19. The minimum atomic E-state index is -0.566. The molecule has 0 radical (unpaired) electrons. The number of anilines is 1. The molecule has 2 N–H and O–H groups in total. The Labute approximate surface area is 160 Å². The van der Waals surface area contributed by atoms with Gasteiger partial charge in [0.15, 0.2) is 0 Å². The van der Waals surface area contributed by atoms with Crippen molar-refractivity contribution in [2.45, 2.75) is 58.5 Å². The third-order valence-electron chi connectivity index (χ3n) is 3.61. The van der Waals surface area contributed by atoms with E-state index in [4.69, 9.17) is 4.74 Å². The summed E-state index contributed by atoms with van der Waals surface area (Å²) in [5.74, 6) is -0.346. The smallest absolute Gasteiger partial charge is 0.412 e. The molecule has 1 aromatic carbocycles. The van der Waals surface area contributed by atoms with Crippen molar-refractivity contribution >= 4 is 23.7 Å². The molecule has 0 saturated heterocycles. The average molecular weight is 378 g/mol. The summed E-state index contributed by atoms with van der Waals surface area (Å²) in [6.07, 6.45) is 3.42. The highest BCUT2D eigenvalue weighted by molar-refractivity contribution is 5.95. The number of amides is 2. The van der Waals surface area contributed by atoms with Crippen molar-refractivity contribution in [2.24, 2.45) is 0 Å². The summed E-state index contributed by atoms with van der Waals surface area (Å²) >= 11 is 0. The Hall–Kier alpha value is -2.57. The number of rotatable bonds is 9. The molecular weight excluding hydrogens is 348 g/mol. The van der Waals surface area contributed by atoms with Gasteiger partial charge in [-0.15, -0.1) is 0 Å². The highest BCUT2D eigenvalue weighted by atomic mass is 16.6. The van der Waals surface area contributed by atoms with E-state index in [1.165, 1.54) is 7.11 Å². The number of carbonyl (C=O) groups excluding carboxylic acids is 3. The van der Waals surface area contributed by atoms with Crippen LogP contribution in [0.25, 0.3) is 0 Å². The van der Waals surface area contributed by atoms with E-state index >= 15 is 0 Å². The predicted molar refractivity (Wildman–Crippen MR) is 104 cm³/mol. The summed E-state index contributed by atoms with van der Waals surface area (Å²) in [5.41, 5.74) is 0.519. The van der Waals surface area contributed by atoms with Crippen LogP contribution in [0.2, 0.25) is 0 Å². The summed E-state index contributed by atoms with van der Waals surface area (Å²) < 4.78 is 9.76. The van der Waals surface area contributed by atoms with Gasteiger partial charge in [-0.3, -0.25) is 14.9 Å². The molecular formula is C20H30N2O5. The molecule has 7 nitrogen and oxygen atoms in total. The number of carbonyl (C=O) groups is 3. The van der Waals surface area contributed by atoms with Crippen LogP contribution in [-0.4, -0.2) is 37.2 Å². The first kappa shape index (κ1) is 22.5. The van der Waals surface area contributed by atoms with E-state index in [1.807, 2.05) is 0 Å². The Bertz CT molecular complexity index is 620. The lowest BCUT2D eigenvalue weighted by molar-refractivity contribution is -0.140. The zero-order valence-electron chi connectivity index (χ0n) is 16.6. The minimum Gasteiger partial charge on any atom is -0.469 e. The number of benzene rings is 1. The molecule has 1 aromatic rings. The van der Waals surface area contributed by atoms with Gasteiger partial charge in [-0.05, 0) is 57.9 Å². The first-order valence-electron chi connectivity index (χ1n) is 9.16. The maximum absolute atomic E-state index is 12.1. The minimum absolute atomic E-state index is 0.159. The molecule has 1 rings (SSSR count). The number of esters is 1. The largest absolute Gasteiger partial charge is 0.469 e. The Kier molecular flexibility index (Phi) is 9.33. The number of ether oxygens (including phenoxy) is 2. The fraction of sp³-hybridized carbons (Fsp3) is 0.550. The monoisotopic (exact) mass is 378 g/mol. The SMILES string of the molecule is COC(=O)CCCCCCNC(=O)c1ccc(NC(=O)OC(C)(C)C)cc1. The molecule has 0 spiro atoms. The van der Waals surface area contributed by atoms with Crippen LogP contribution >= 0.6 is 0 Å². The molecule has 150 valence electrons. The topological polar surface area (TPSA) is 93.7 Å². The molecule has 0 atom stereocenters. The normalized spacial score (nSPS) is 10.8. The molecule has 0 fully saturated rings. The van der Waals surface area contributed by atoms with Crippen LogP contribution < -0.4 is 10.6 Å². The lowest BCUT2D eigenvalue weighted by atomic mass is 10.1. The van der Waals surface area contributed by atoms with Gasteiger partial charge in [0, 0.05) is 24.2 Å². The van der Waals surface area contributed by atoms with Gasteiger partial charge in [-0.2, -0.15) is 0 Å². The highest BCUT2D eigenvalue weighted by Crippen LogP contribution is 2.13. The Balaban J connectivity index is 2.28. The van der Waals surface area contributed by atoms with Crippen molar-refractivity contribution in [1.82, 2.24) is 5.32 Å². The van der Waals surface area contributed by atoms with Gasteiger partial charge >= 0.3 is 12.1 Å². The zero-order valence-corrected chi connectivity index (χ0v) is 16.6. The van der Waals surface area contributed by atoms with Gasteiger partial charge in [0.1, 0.15) is 5.60 Å². The van der Waals surface area contributed by atoms with Crippen LogP contribution in [-0.2, 0) is 14.3 Å². The average Bonchev–Trinajstić information content (AvgIpc) is 2.59. The van der Waals surface area contributed by atoms with Crippen molar-refractivity contribution in [2.75, 3.05) is 19.0 Å². The van der Waals surface area contributed by atoms with Crippen LogP contribution in [0, 0.1) is 0 Å². The Morgan fingerprint density at radius 3 is 2.19 bits per heavy atom. The standard InChI is InChI=1S/C20H30N2O5/c1-20(2,3)27-19(25)22-16-12-10-15(11-13-16)18(24)21-14-8-6-5-7-9-17(23)26-4/h10-13H,5-9,14H2,1-4H3,(H,21,24)(H,22,25). The van der Waals surface area contributed by atoms with Gasteiger partial charge in [-0.25, -0.2) is 4.79 Å². The van der Waals surface area contributed by atoms with E-state index < -0.39 is 11.7 Å². The van der Waals surface area contributed by atoms with Crippen molar-refractivity contribution in [3.05, 3.63) is 29.8 Å². The molecule has 0 aliphatic heterocycles. The van der Waals surface area contributed by atoms with E-state index in [2.05, 4.69) is 15.4 Å². The molecule has 0 heterocycles. The van der Waals surface area contributed by atoms with Crippen LogP contribution in [0.3, 0.4) is 0 Å². The second-order valence-corrected chi connectivity index (χ2v) is 7.20. The molecule has 2 amide bonds. The van der Waals surface area contributed by atoms with E-state index in [0.29, 0.717) is 24.2 Å². The summed E-state index contributed by atoms with van der Waals surface area (Å²) in [5, 5.41) is 5.48. The number of nitrogens with one attached hydrogen (secondary N) is 2. The molecule has 0 aromatic heterocycles. The highest BCUT2D eigenvalue weighted by Gasteiger charge is 2.16. The van der Waals surface area contributed by atoms with Crippen LogP contribution in [0.1, 0.15) is 63.2 Å². The van der Waals surface area contributed by atoms with Crippen molar-refractivity contribution in [3.8, 4) is 0 Å². The van der Waals surface area contributed by atoms with E-state index in [1.54, 1.807) is 45.0 Å². The van der Waals surface area contributed by atoms with Crippen LogP contribution in [0.15, 0.2) is 24.3 Å². The number of hydrogen-bond donors (Lipinski definition) is 2. The second-order valence-electron chi connectivity index (χ2n) is 7.20. The maximum Gasteiger partial charge on any atom is 0.412 e. The molecule has 7 heteroatoms. The number of unbranched alkanes of at least 4 members (excludes halogenated alkanes) is 3. The lowest BCUT2D eigenvalue weighted by Crippen LogP contribution is -2.27. The fourth-order valence-corrected chi connectivity index (χ4v) is 2.28. The fourth-order valence-electron chi connectivity index (χ4n) is 2.28. The predicted octanol–water partition coefficient (Wildman–Crippen LogP) is 3.89. The second kappa shape index (κ2) is 11.2. The first-order valence-corrected chi connectivity index (χ1v) is 9.16. The van der Waals surface area contributed by atoms with Crippen molar-refractivity contribution < 1.29 is 23.9 Å². The van der Waals surface area contributed by atoms with Gasteiger partial charge in [0.25, 0.3) is 5.91 Å². The summed E-state index contributed by atoms with van der Waals surface area (Å²) in [6, 6.07) is 6.62. The van der Waals surface area contributed by atoms with Gasteiger partial charge < -0.3 is 14.8 Å². The maximum atomic E-state index is 12.1. The van der Waals surface area contributed by atoms with E-state index in [0.717, 1.165) is 25.7 Å². The van der Waals surface area contributed by atoms with Crippen LogP contribution in [0.5, 0.6) is 0 Å². The third kappa shape index (κ3) is 10.2. The van der Waals surface area contributed by atoms with Crippen molar-refractivity contribution in [3.63, 3.8) is 0 Å². The van der Waals surface area contributed by atoms with Crippen LogP contribution in [0.4, 0.5) is 10.5 Å². The molecule has 0 saturated carbocycles. The molecule has 27 heavy (non-hydrogen) atoms. The van der Waals surface area contributed by atoms with Gasteiger partial charge in [0.2, 0.25) is 0 Å². The van der Waals surface area contributed by atoms with Gasteiger partial charge in [0.05, 0.1) is 7.11 Å². The molecule has 0 bridgehead atoms. The molecule has 0 unspecified atom stereocenters. The van der Waals surface area contributed by atoms with Gasteiger partial charge in [-0.1, -0.05) is 12.8 Å². The van der Waals surface area contributed by atoms with E-state index in [-0.39, 0.29) is 11.9 Å². The first-order chi connectivity index (χ1) is 12.7. The summed E-state index contributed by atoms with van der Waals surface area (Å²) in [6.45, 7) is 5.95. The molecule has 0 aliphatic carbocycles. The molecule has 0 aliphatic rings. The summed E-state index contributed by atoms with van der Waals surface area (Å²) in [7, 11) is 1.39.